The molecule has 0 saturated carbocycles. The summed E-state index contributed by atoms with van der Waals surface area (Å²) in [7, 11) is 0. The molecule has 3 heteroatoms. The zero-order chi connectivity index (χ0) is 13.5. The normalized spacial score (nSPS) is 14.0. The summed E-state index contributed by atoms with van der Waals surface area (Å²) < 4.78 is 0. The Morgan fingerprint density at radius 2 is 1.05 bits per heavy atom. The van der Waals surface area contributed by atoms with Crippen LogP contribution in [-0.2, 0) is 0 Å². The summed E-state index contributed by atoms with van der Waals surface area (Å²) in [6.07, 6.45) is 0. The van der Waals surface area contributed by atoms with Crippen LogP contribution in [0.3, 0.4) is 0 Å². The smallest absolute Gasteiger partial charge is 0.0626 e. The van der Waals surface area contributed by atoms with Gasteiger partial charge in [0.05, 0.1) is 25.3 Å². The third-order valence-electron chi connectivity index (χ3n) is 3.17. The molecule has 0 aliphatic carbocycles. The van der Waals surface area contributed by atoms with Gasteiger partial charge in [-0.1, -0.05) is 60.7 Å². The van der Waals surface area contributed by atoms with E-state index in [9.17, 15) is 10.2 Å². The quantitative estimate of drug-likeness (QED) is 0.742. The van der Waals surface area contributed by atoms with Crippen LogP contribution in [0.4, 0.5) is 0 Å². The zero-order valence-electron chi connectivity index (χ0n) is 10.7. The Morgan fingerprint density at radius 1 is 0.684 bits per heavy atom. The maximum absolute atomic E-state index is 9.53. The number of rotatable bonds is 6. The topological polar surface area (TPSA) is 52.5 Å². The summed E-state index contributed by atoms with van der Waals surface area (Å²) in [5.41, 5.74) is 2.03. The van der Waals surface area contributed by atoms with Crippen molar-refractivity contribution in [2.45, 2.75) is 12.1 Å². The Balaban J connectivity index is 2.13. The number of nitrogens with one attached hydrogen (secondary N) is 1. The average molecular weight is 257 g/mol. The van der Waals surface area contributed by atoms with E-state index in [1.165, 1.54) is 0 Å². The van der Waals surface area contributed by atoms with E-state index in [1.54, 1.807) is 0 Å². The van der Waals surface area contributed by atoms with Crippen molar-refractivity contribution in [1.29, 1.82) is 0 Å². The van der Waals surface area contributed by atoms with E-state index in [0.29, 0.717) is 0 Å². The van der Waals surface area contributed by atoms with Crippen molar-refractivity contribution in [3.05, 3.63) is 71.8 Å². The molecule has 0 aliphatic rings. The first kappa shape index (κ1) is 13.7. The summed E-state index contributed by atoms with van der Waals surface area (Å²) in [6.45, 7) is -0.0132. The lowest BCUT2D eigenvalue weighted by Gasteiger charge is -2.24. The molecule has 2 atom stereocenters. The molecule has 2 aromatic carbocycles. The van der Waals surface area contributed by atoms with Crippen molar-refractivity contribution in [3.8, 4) is 0 Å². The van der Waals surface area contributed by atoms with Gasteiger partial charge in [0.15, 0.2) is 0 Å². The largest absolute Gasteiger partial charge is 0.394 e. The molecular formula is C16H19NO2. The molecule has 0 fully saturated rings. The maximum Gasteiger partial charge on any atom is 0.0626 e. The predicted octanol–water partition coefficient (Wildman–Crippen LogP) is 2.04. The minimum Gasteiger partial charge on any atom is -0.394 e. The van der Waals surface area contributed by atoms with Crippen LogP contribution in [0, 0.1) is 0 Å². The number of aliphatic hydroxyl groups excluding tert-OH is 2. The lowest BCUT2D eigenvalue weighted by Crippen LogP contribution is -2.31. The van der Waals surface area contributed by atoms with E-state index in [-0.39, 0.29) is 25.3 Å². The lowest BCUT2D eigenvalue weighted by atomic mass is 10.0. The Labute approximate surface area is 113 Å². The van der Waals surface area contributed by atoms with Crippen LogP contribution in [-0.4, -0.2) is 23.4 Å². The van der Waals surface area contributed by atoms with Gasteiger partial charge in [-0.15, -0.1) is 0 Å². The first-order chi connectivity index (χ1) is 9.35. The van der Waals surface area contributed by atoms with Gasteiger partial charge >= 0.3 is 0 Å². The van der Waals surface area contributed by atoms with Crippen LogP contribution in [0.5, 0.6) is 0 Å². The van der Waals surface area contributed by atoms with Gasteiger partial charge in [0.2, 0.25) is 0 Å². The van der Waals surface area contributed by atoms with Gasteiger partial charge < -0.3 is 10.2 Å². The summed E-state index contributed by atoms with van der Waals surface area (Å²) in [6, 6.07) is 19.1. The molecule has 0 aliphatic heterocycles. The highest BCUT2D eigenvalue weighted by Crippen LogP contribution is 2.19. The third-order valence-corrected chi connectivity index (χ3v) is 3.17. The van der Waals surface area contributed by atoms with Gasteiger partial charge in [0, 0.05) is 0 Å². The van der Waals surface area contributed by atoms with Gasteiger partial charge in [-0.05, 0) is 11.1 Å². The van der Waals surface area contributed by atoms with Gasteiger partial charge in [-0.3, -0.25) is 5.32 Å². The molecule has 3 N–H and O–H groups in total. The molecule has 0 heterocycles. The molecule has 2 rings (SSSR count). The molecule has 2 aromatic rings. The first-order valence-electron chi connectivity index (χ1n) is 6.43. The van der Waals surface area contributed by atoms with Gasteiger partial charge in [-0.25, -0.2) is 0 Å². The second-order valence-corrected chi connectivity index (χ2v) is 4.46. The summed E-state index contributed by atoms with van der Waals surface area (Å²) in [5.74, 6) is 0. The molecular weight excluding hydrogens is 238 g/mol. The molecule has 0 aromatic heterocycles. The fourth-order valence-electron chi connectivity index (χ4n) is 2.12. The van der Waals surface area contributed by atoms with Crippen molar-refractivity contribution in [1.82, 2.24) is 5.32 Å². The van der Waals surface area contributed by atoms with Crippen LogP contribution >= 0.6 is 0 Å². The van der Waals surface area contributed by atoms with E-state index < -0.39 is 0 Å². The molecule has 0 bridgehead atoms. The van der Waals surface area contributed by atoms with Crippen molar-refractivity contribution < 1.29 is 10.2 Å². The highest BCUT2D eigenvalue weighted by atomic mass is 16.3. The Kier molecular flexibility index (Phi) is 5.10. The van der Waals surface area contributed by atoms with Crippen molar-refractivity contribution in [3.63, 3.8) is 0 Å². The highest BCUT2D eigenvalue weighted by Gasteiger charge is 2.16. The number of benzene rings is 2. The monoisotopic (exact) mass is 257 g/mol. The number of hydrogen-bond donors (Lipinski definition) is 3. The van der Waals surface area contributed by atoms with E-state index in [4.69, 9.17) is 0 Å². The van der Waals surface area contributed by atoms with Crippen molar-refractivity contribution >= 4 is 0 Å². The second kappa shape index (κ2) is 7.04. The number of aliphatic hydroxyl groups is 2. The minimum absolute atomic E-state index is 0.00660. The Morgan fingerprint density at radius 3 is 1.37 bits per heavy atom. The Bertz CT molecular complexity index is 427. The van der Waals surface area contributed by atoms with Crippen LogP contribution in [0.15, 0.2) is 60.7 Å². The molecule has 0 spiro atoms. The van der Waals surface area contributed by atoms with Crippen LogP contribution in [0.2, 0.25) is 0 Å². The van der Waals surface area contributed by atoms with Gasteiger partial charge in [0.25, 0.3) is 0 Å². The summed E-state index contributed by atoms with van der Waals surface area (Å²) in [4.78, 5) is 0. The highest BCUT2D eigenvalue weighted by molar-refractivity contribution is 5.22. The zero-order valence-corrected chi connectivity index (χ0v) is 10.7. The van der Waals surface area contributed by atoms with Gasteiger partial charge in [-0.2, -0.15) is 0 Å². The SMILES string of the molecule is OCC(NC(CO)c1ccccc1)c1ccccc1. The van der Waals surface area contributed by atoms with Crippen LogP contribution in [0.1, 0.15) is 23.2 Å². The third kappa shape index (κ3) is 3.64. The predicted molar refractivity (Wildman–Crippen MR) is 75.7 cm³/mol. The van der Waals surface area contributed by atoms with Crippen molar-refractivity contribution in [2.75, 3.05) is 13.2 Å². The van der Waals surface area contributed by atoms with Crippen LogP contribution in [0.25, 0.3) is 0 Å². The van der Waals surface area contributed by atoms with E-state index >= 15 is 0 Å². The second-order valence-electron chi connectivity index (χ2n) is 4.46. The molecule has 19 heavy (non-hydrogen) atoms. The molecule has 0 amide bonds. The molecule has 0 saturated heterocycles. The maximum atomic E-state index is 9.53. The molecule has 2 unspecified atom stereocenters. The fourth-order valence-corrected chi connectivity index (χ4v) is 2.12. The van der Waals surface area contributed by atoms with E-state index in [1.807, 2.05) is 60.7 Å². The van der Waals surface area contributed by atoms with Crippen molar-refractivity contribution in [2.24, 2.45) is 0 Å². The fraction of sp³-hybridized carbons (Fsp3) is 0.250. The lowest BCUT2D eigenvalue weighted by molar-refractivity contribution is 0.194. The molecule has 100 valence electrons. The summed E-state index contributed by atoms with van der Waals surface area (Å²) in [5, 5.41) is 22.3. The average Bonchev–Trinajstić information content (AvgIpc) is 2.50. The first-order valence-corrected chi connectivity index (χ1v) is 6.43. The Hall–Kier alpha value is -1.68. The molecule has 3 nitrogen and oxygen atoms in total. The standard InChI is InChI=1S/C16H19NO2/c18-11-15(13-7-3-1-4-8-13)17-16(12-19)14-9-5-2-6-10-14/h1-10,15-19H,11-12H2. The minimum atomic E-state index is -0.182. The van der Waals surface area contributed by atoms with Gasteiger partial charge in [0.1, 0.15) is 0 Å². The van der Waals surface area contributed by atoms with Crippen LogP contribution < -0.4 is 5.32 Å². The summed E-state index contributed by atoms with van der Waals surface area (Å²) >= 11 is 0. The number of hydrogen-bond acceptors (Lipinski definition) is 3. The van der Waals surface area contributed by atoms with E-state index in [2.05, 4.69) is 5.32 Å². The van der Waals surface area contributed by atoms with E-state index in [0.717, 1.165) is 11.1 Å². The molecule has 0 radical (unpaired) electrons.